The molecule has 0 bridgehead atoms. The molecule has 1 atom stereocenters. The number of carboxylic acid groups (broad SMARTS) is 1. The van der Waals surface area contributed by atoms with Gasteiger partial charge in [0, 0.05) is 21.7 Å². The van der Waals surface area contributed by atoms with E-state index in [1.807, 2.05) is 24.3 Å². The molecule has 1 saturated carbocycles. The molecule has 5 heteroatoms. The Morgan fingerprint density at radius 2 is 1.74 bits per heavy atom. The second-order valence-corrected chi connectivity index (χ2v) is 6.24. The van der Waals surface area contributed by atoms with E-state index in [-0.39, 0.29) is 0 Å². The van der Waals surface area contributed by atoms with Gasteiger partial charge in [-0.1, -0.05) is 55.3 Å². The summed E-state index contributed by atoms with van der Waals surface area (Å²) < 4.78 is 0. The van der Waals surface area contributed by atoms with E-state index in [1.54, 1.807) is 0 Å². The Balaban J connectivity index is 0.000000399. The van der Waals surface area contributed by atoms with Crippen LogP contribution >= 0.6 is 34.8 Å². The number of rotatable bonds is 2. The van der Waals surface area contributed by atoms with Crippen molar-refractivity contribution < 1.29 is 9.90 Å². The molecule has 2 nitrogen and oxygen atoms in total. The SMILES string of the molecule is CC1(C)CC1/C=C(\Cl)c1ccc(Cl)cc1.O=C(O)Cl. The maximum absolute atomic E-state index is 8.77. The van der Waals surface area contributed by atoms with Gasteiger partial charge in [-0.15, -0.1) is 0 Å². The predicted octanol–water partition coefficient (Wildman–Crippen LogP) is 5.87. The third kappa shape index (κ3) is 5.85. The summed E-state index contributed by atoms with van der Waals surface area (Å²) in [6.07, 6.45) is 3.39. The number of hydrogen-bond donors (Lipinski definition) is 1. The lowest BCUT2D eigenvalue weighted by molar-refractivity contribution is 0.220. The first-order valence-corrected chi connectivity index (χ1v) is 6.87. The molecule has 0 aromatic heterocycles. The standard InChI is InChI=1S/C13H14Cl2.CHClO2/c1-13(2)8-10(13)7-12(15)9-3-5-11(14)6-4-9;2-1(3)4/h3-7,10H,8H2,1-2H3;(H,3,4)/b12-7-;. The lowest BCUT2D eigenvalue weighted by Crippen LogP contribution is -1.87. The molecule has 1 aromatic carbocycles. The van der Waals surface area contributed by atoms with Crippen molar-refractivity contribution in [1.82, 2.24) is 0 Å². The van der Waals surface area contributed by atoms with E-state index >= 15 is 0 Å². The summed E-state index contributed by atoms with van der Waals surface area (Å²) in [6, 6.07) is 7.64. The Morgan fingerprint density at radius 3 is 2.11 bits per heavy atom. The van der Waals surface area contributed by atoms with Crippen LogP contribution in [0.15, 0.2) is 30.3 Å². The predicted molar refractivity (Wildman–Crippen MR) is 81.0 cm³/mol. The van der Waals surface area contributed by atoms with Gasteiger partial charge in [-0.3, -0.25) is 0 Å². The molecule has 2 rings (SSSR count). The Kier molecular flexibility index (Phi) is 5.72. The van der Waals surface area contributed by atoms with Crippen molar-refractivity contribution in [3.05, 3.63) is 40.9 Å². The Morgan fingerprint density at radius 1 is 1.32 bits per heavy atom. The molecule has 0 radical (unpaired) electrons. The number of carbonyl (C=O) groups is 1. The van der Waals surface area contributed by atoms with Crippen LogP contribution < -0.4 is 0 Å². The summed E-state index contributed by atoms with van der Waals surface area (Å²) in [6.45, 7) is 4.53. The van der Waals surface area contributed by atoms with Crippen molar-refractivity contribution in [2.75, 3.05) is 0 Å². The molecule has 0 spiro atoms. The van der Waals surface area contributed by atoms with E-state index < -0.39 is 5.43 Å². The molecule has 0 aliphatic heterocycles. The zero-order valence-electron chi connectivity index (χ0n) is 10.7. The van der Waals surface area contributed by atoms with Crippen LogP contribution in [0, 0.1) is 11.3 Å². The van der Waals surface area contributed by atoms with Crippen LogP contribution in [0.1, 0.15) is 25.8 Å². The number of hydrogen-bond acceptors (Lipinski definition) is 1. The minimum atomic E-state index is -1.36. The van der Waals surface area contributed by atoms with Crippen molar-refractivity contribution in [1.29, 1.82) is 0 Å². The molecule has 19 heavy (non-hydrogen) atoms. The van der Waals surface area contributed by atoms with E-state index in [2.05, 4.69) is 31.5 Å². The summed E-state index contributed by atoms with van der Waals surface area (Å²) >= 11 is 16.2. The molecule has 1 N–H and O–H groups in total. The van der Waals surface area contributed by atoms with Crippen molar-refractivity contribution >= 4 is 45.3 Å². The molecule has 1 fully saturated rings. The lowest BCUT2D eigenvalue weighted by atomic mass is 10.1. The smallest absolute Gasteiger partial charge is 0.401 e. The summed E-state index contributed by atoms with van der Waals surface area (Å²) in [4.78, 5) is 8.77. The van der Waals surface area contributed by atoms with Gasteiger partial charge in [-0.05, 0) is 35.4 Å². The van der Waals surface area contributed by atoms with Crippen molar-refractivity contribution in [2.45, 2.75) is 20.3 Å². The highest BCUT2D eigenvalue weighted by molar-refractivity contribution is 6.60. The minimum Gasteiger partial charge on any atom is -0.469 e. The summed E-state index contributed by atoms with van der Waals surface area (Å²) in [5.74, 6) is 0.626. The van der Waals surface area contributed by atoms with Crippen LogP contribution in [0.4, 0.5) is 4.79 Å². The number of benzene rings is 1. The maximum atomic E-state index is 8.77. The first kappa shape index (κ1) is 16.4. The van der Waals surface area contributed by atoms with E-state index in [9.17, 15) is 0 Å². The summed E-state index contributed by atoms with van der Waals surface area (Å²) in [5.41, 5.74) is 0.121. The average Bonchev–Trinajstić information content (AvgIpc) is 2.85. The van der Waals surface area contributed by atoms with Crippen LogP contribution in [0.2, 0.25) is 5.02 Å². The lowest BCUT2D eigenvalue weighted by Gasteiger charge is -2.01. The van der Waals surface area contributed by atoms with Crippen molar-refractivity contribution in [2.24, 2.45) is 11.3 Å². The van der Waals surface area contributed by atoms with Gasteiger partial charge < -0.3 is 5.11 Å². The first-order chi connectivity index (χ1) is 8.72. The van der Waals surface area contributed by atoms with Crippen molar-refractivity contribution in [3.63, 3.8) is 0 Å². The van der Waals surface area contributed by atoms with Crippen LogP contribution in [0.3, 0.4) is 0 Å². The molecule has 0 amide bonds. The van der Waals surface area contributed by atoms with Gasteiger partial charge in [0.2, 0.25) is 0 Å². The summed E-state index contributed by atoms with van der Waals surface area (Å²) in [7, 11) is 0. The molecule has 1 aromatic rings. The normalized spacial score (nSPS) is 20.3. The van der Waals surface area contributed by atoms with Gasteiger partial charge >= 0.3 is 5.43 Å². The molecule has 1 unspecified atom stereocenters. The van der Waals surface area contributed by atoms with Crippen LogP contribution in [-0.2, 0) is 0 Å². The van der Waals surface area contributed by atoms with Gasteiger partial charge in [-0.2, -0.15) is 0 Å². The highest BCUT2D eigenvalue weighted by atomic mass is 35.5. The second-order valence-electron chi connectivity index (χ2n) is 5.07. The molecule has 0 heterocycles. The van der Waals surface area contributed by atoms with Crippen LogP contribution in [0.5, 0.6) is 0 Å². The van der Waals surface area contributed by atoms with E-state index in [0.717, 1.165) is 15.6 Å². The third-order valence-corrected chi connectivity index (χ3v) is 3.65. The Labute approximate surface area is 128 Å². The van der Waals surface area contributed by atoms with Gasteiger partial charge in [-0.25, -0.2) is 4.79 Å². The highest BCUT2D eigenvalue weighted by Crippen LogP contribution is 2.53. The molecular weight excluding hydrogens is 307 g/mol. The maximum Gasteiger partial charge on any atom is 0.401 e. The fourth-order valence-electron chi connectivity index (χ4n) is 1.67. The minimum absolute atomic E-state index is 0.437. The average molecular weight is 322 g/mol. The third-order valence-electron chi connectivity index (χ3n) is 3.06. The molecule has 0 saturated heterocycles. The Bertz CT molecular complexity index is 474. The molecular formula is C14H15Cl3O2. The van der Waals surface area contributed by atoms with Gasteiger partial charge in [0.05, 0.1) is 0 Å². The molecule has 1 aliphatic rings. The topological polar surface area (TPSA) is 37.3 Å². The van der Waals surface area contributed by atoms with Gasteiger partial charge in [0.25, 0.3) is 0 Å². The fourth-order valence-corrected chi connectivity index (χ4v) is 2.08. The van der Waals surface area contributed by atoms with E-state index in [0.29, 0.717) is 11.3 Å². The van der Waals surface area contributed by atoms with E-state index in [4.69, 9.17) is 33.1 Å². The second kappa shape index (κ2) is 6.65. The van der Waals surface area contributed by atoms with Gasteiger partial charge in [0.15, 0.2) is 0 Å². The largest absolute Gasteiger partial charge is 0.469 e. The van der Waals surface area contributed by atoms with E-state index in [1.165, 1.54) is 6.42 Å². The number of allylic oxidation sites excluding steroid dienone is 1. The summed E-state index contributed by atoms with van der Waals surface area (Å²) in [5, 5.41) is 8.76. The monoisotopic (exact) mass is 320 g/mol. The quantitative estimate of drug-likeness (QED) is 0.692. The molecule has 104 valence electrons. The Hall–Kier alpha value is -0.700. The van der Waals surface area contributed by atoms with Gasteiger partial charge in [0.1, 0.15) is 0 Å². The first-order valence-electron chi connectivity index (χ1n) is 5.74. The van der Waals surface area contributed by atoms with Crippen LogP contribution in [0.25, 0.3) is 5.03 Å². The fraction of sp³-hybridized carbons (Fsp3) is 0.357. The zero-order valence-corrected chi connectivity index (χ0v) is 12.9. The molecule has 1 aliphatic carbocycles. The van der Waals surface area contributed by atoms with Crippen LogP contribution in [-0.4, -0.2) is 10.5 Å². The number of halogens is 3. The van der Waals surface area contributed by atoms with Crippen molar-refractivity contribution in [3.8, 4) is 0 Å². The zero-order chi connectivity index (χ0) is 14.6. The highest BCUT2D eigenvalue weighted by Gasteiger charge is 2.43.